The second-order valence-electron chi connectivity index (χ2n) is 3.72. The fourth-order valence-electron chi connectivity index (χ4n) is 1.46. The molecule has 0 unspecified atom stereocenters. The highest BCUT2D eigenvalue weighted by Gasteiger charge is 2.02. The number of aryl methyl sites for hydroxylation is 1. The number of carbonyl (C=O) groups is 1. The minimum absolute atomic E-state index is 0.161. The summed E-state index contributed by atoms with van der Waals surface area (Å²) >= 11 is 0. The molecule has 3 heteroatoms. The van der Waals surface area contributed by atoms with Gasteiger partial charge in [0.2, 0.25) is 0 Å². The topological polar surface area (TPSA) is 57.5 Å². The Balaban J connectivity index is 2.43. The standard InChI is InChI=1S/C12H16O3/c1-9(13)4-2-3-5-10-8-11(14)6-7-12(10)15/h6-8,14-15H,2-5H2,1H3. The normalized spacial score (nSPS) is 10.2. The van der Waals surface area contributed by atoms with Gasteiger partial charge < -0.3 is 15.0 Å². The summed E-state index contributed by atoms with van der Waals surface area (Å²) in [6.07, 6.45) is 2.94. The molecule has 15 heavy (non-hydrogen) atoms. The van der Waals surface area contributed by atoms with Crippen LogP contribution in [0.4, 0.5) is 0 Å². The van der Waals surface area contributed by atoms with Crippen molar-refractivity contribution in [2.75, 3.05) is 0 Å². The van der Waals surface area contributed by atoms with Crippen molar-refractivity contribution in [2.45, 2.75) is 32.6 Å². The van der Waals surface area contributed by atoms with Crippen LogP contribution < -0.4 is 0 Å². The van der Waals surface area contributed by atoms with Gasteiger partial charge in [0.15, 0.2) is 0 Å². The van der Waals surface area contributed by atoms with Crippen LogP contribution in [0.5, 0.6) is 11.5 Å². The molecule has 0 aromatic heterocycles. The maximum atomic E-state index is 10.7. The van der Waals surface area contributed by atoms with Gasteiger partial charge in [-0.25, -0.2) is 0 Å². The minimum atomic E-state index is 0.161. The lowest BCUT2D eigenvalue weighted by atomic mass is 10.0. The number of aromatic hydroxyl groups is 2. The maximum absolute atomic E-state index is 10.7. The van der Waals surface area contributed by atoms with Crippen molar-refractivity contribution in [2.24, 2.45) is 0 Å². The second-order valence-corrected chi connectivity index (χ2v) is 3.72. The molecule has 2 N–H and O–H groups in total. The maximum Gasteiger partial charge on any atom is 0.129 e. The van der Waals surface area contributed by atoms with Crippen molar-refractivity contribution in [3.05, 3.63) is 23.8 Å². The van der Waals surface area contributed by atoms with Crippen molar-refractivity contribution in [3.63, 3.8) is 0 Å². The predicted molar refractivity (Wildman–Crippen MR) is 58.0 cm³/mol. The number of rotatable bonds is 5. The molecule has 1 aromatic rings. The first-order valence-electron chi connectivity index (χ1n) is 5.10. The number of unbranched alkanes of at least 4 members (excludes halogenated alkanes) is 1. The number of ketones is 1. The van der Waals surface area contributed by atoms with E-state index in [1.807, 2.05) is 0 Å². The fourth-order valence-corrected chi connectivity index (χ4v) is 1.46. The number of phenolic OH excluding ortho intramolecular Hbond substituents is 2. The van der Waals surface area contributed by atoms with Crippen molar-refractivity contribution in [1.29, 1.82) is 0 Å². The summed E-state index contributed by atoms with van der Waals surface area (Å²) in [6.45, 7) is 1.58. The van der Waals surface area contributed by atoms with Crippen LogP contribution in [-0.4, -0.2) is 16.0 Å². The van der Waals surface area contributed by atoms with Crippen LogP contribution in [0, 0.1) is 0 Å². The number of benzene rings is 1. The van der Waals surface area contributed by atoms with Gasteiger partial charge in [-0.3, -0.25) is 0 Å². The first-order valence-corrected chi connectivity index (χ1v) is 5.10. The van der Waals surface area contributed by atoms with Crippen LogP contribution >= 0.6 is 0 Å². The monoisotopic (exact) mass is 208 g/mol. The predicted octanol–water partition coefficient (Wildman–Crippen LogP) is 2.40. The van der Waals surface area contributed by atoms with E-state index in [1.165, 1.54) is 12.1 Å². The molecule has 0 amide bonds. The minimum Gasteiger partial charge on any atom is -0.508 e. The zero-order valence-corrected chi connectivity index (χ0v) is 8.86. The Hall–Kier alpha value is -1.51. The molecule has 0 heterocycles. The van der Waals surface area contributed by atoms with Gasteiger partial charge in [0.1, 0.15) is 17.3 Å². The van der Waals surface area contributed by atoms with Crippen LogP contribution in [0.15, 0.2) is 18.2 Å². The Morgan fingerprint density at radius 3 is 2.67 bits per heavy atom. The van der Waals surface area contributed by atoms with Gasteiger partial charge in [0.05, 0.1) is 0 Å². The molecular formula is C12H16O3. The molecule has 3 nitrogen and oxygen atoms in total. The lowest BCUT2D eigenvalue weighted by Gasteiger charge is -2.04. The zero-order chi connectivity index (χ0) is 11.3. The molecule has 0 saturated heterocycles. The Kier molecular flexibility index (Phi) is 4.16. The Morgan fingerprint density at radius 1 is 1.27 bits per heavy atom. The van der Waals surface area contributed by atoms with Crippen molar-refractivity contribution in [3.8, 4) is 11.5 Å². The first kappa shape index (κ1) is 11.6. The van der Waals surface area contributed by atoms with Gasteiger partial charge >= 0.3 is 0 Å². The smallest absolute Gasteiger partial charge is 0.129 e. The summed E-state index contributed by atoms with van der Waals surface area (Å²) in [5.41, 5.74) is 0.735. The lowest BCUT2D eigenvalue weighted by molar-refractivity contribution is -0.117. The Bertz CT molecular complexity index is 345. The van der Waals surface area contributed by atoms with E-state index in [0.717, 1.165) is 18.4 Å². The van der Waals surface area contributed by atoms with Crippen molar-refractivity contribution >= 4 is 5.78 Å². The molecule has 82 valence electrons. The van der Waals surface area contributed by atoms with Gasteiger partial charge in [0, 0.05) is 6.42 Å². The third-order valence-corrected chi connectivity index (χ3v) is 2.29. The van der Waals surface area contributed by atoms with E-state index >= 15 is 0 Å². The van der Waals surface area contributed by atoms with Crippen molar-refractivity contribution < 1.29 is 15.0 Å². The number of hydrogen-bond donors (Lipinski definition) is 2. The zero-order valence-electron chi connectivity index (χ0n) is 8.86. The summed E-state index contributed by atoms with van der Waals surface area (Å²) < 4.78 is 0. The quantitative estimate of drug-likeness (QED) is 0.577. The highest BCUT2D eigenvalue weighted by Crippen LogP contribution is 2.23. The van der Waals surface area contributed by atoms with Crippen LogP contribution in [0.1, 0.15) is 31.7 Å². The van der Waals surface area contributed by atoms with Crippen LogP contribution in [0.25, 0.3) is 0 Å². The molecule has 0 aliphatic rings. The van der Waals surface area contributed by atoms with Gasteiger partial charge in [-0.15, -0.1) is 0 Å². The molecule has 0 atom stereocenters. The number of carbonyl (C=O) groups excluding carboxylic acids is 1. The fraction of sp³-hybridized carbons (Fsp3) is 0.417. The highest BCUT2D eigenvalue weighted by molar-refractivity contribution is 5.75. The Labute approximate surface area is 89.4 Å². The third kappa shape index (κ3) is 4.02. The third-order valence-electron chi connectivity index (χ3n) is 2.29. The van der Waals surface area contributed by atoms with Gasteiger partial charge in [-0.1, -0.05) is 0 Å². The molecule has 0 radical (unpaired) electrons. The summed E-state index contributed by atoms with van der Waals surface area (Å²) in [6, 6.07) is 4.49. The van der Waals surface area contributed by atoms with E-state index in [1.54, 1.807) is 13.0 Å². The average Bonchev–Trinajstić information content (AvgIpc) is 2.17. The summed E-state index contributed by atoms with van der Waals surface area (Å²) in [5.74, 6) is 0.556. The highest BCUT2D eigenvalue weighted by atomic mass is 16.3. The molecule has 0 saturated carbocycles. The lowest BCUT2D eigenvalue weighted by Crippen LogP contribution is -1.92. The number of hydrogen-bond acceptors (Lipinski definition) is 3. The number of Topliss-reactive ketones (excluding diaryl/α,β-unsaturated/α-hetero) is 1. The SMILES string of the molecule is CC(=O)CCCCc1cc(O)ccc1O. The van der Waals surface area contributed by atoms with Gasteiger partial charge in [-0.2, -0.15) is 0 Å². The van der Waals surface area contributed by atoms with Gasteiger partial charge in [-0.05, 0) is 49.9 Å². The summed E-state index contributed by atoms with van der Waals surface area (Å²) in [7, 11) is 0. The van der Waals surface area contributed by atoms with E-state index in [-0.39, 0.29) is 17.3 Å². The molecular weight excluding hydrogens is 192 g/mol. The van der Waals surface area contributed by atoms with Crippen LogP contribution in [0.3, 0.4) is 0 Å². The van der Waals surface area contributed by atoms with E-state index < -0.39 is 0 Å². The average molecular weight is 208 g/mol. The summed E-state index contributed by atoms with van der Waals surface area (Å²) in [5, 5.41) is 18.7. The van der Waals surface area contributed by atoms with E-state index in [9.17, 15) is 15.0 Å². The molecule has 1 rings (SSSR count). The van der Waals surface area contributed by atoms with Crippen LogP contribution in [-0.2, 0) is 11.2 Å². The molecule has 1 aromatic carbocycles. The number of phenols is 2. The van der Waals surface area contributed by atoms with E-state index in [2.05, 4.69) is 0 Å². The molecule has 0 bridgehead atoms. The first-order chi connectivity index (χ1) is 7.09. The molecule has 0 aliphatic heterocycles. The van der Waals surface area contributed by atoms with Crippen molar-refractivity contribution in [1.82, 2.24) is 0 Å². The Morgan fingerprint density at radius 2 is 2.00 bits per heavy atom. The molecule has 0 fully saturated rings. The van der Waals surface area contributed by atoms with Gasteiger partial charge in [0.25, 0.3) is 0 Å². The summed E-state index contributed by atoms with van der Waals surface area (Å²) in [4.78, 5) is 10.7. The van der Waals surface area contributed by atoms with E-state index in [0.29, 0.717) is 12.8 Å². The largest absolute Gasteiger partial charge is 0.508 e. The van der Waals surface area contributed by atoms with E-state index in [4.69, 9.17) is 0 Å². The molecule has 0 spiro atoms. The van der Waals surface area contributed by atoms with Crippen LogP contribution in [0.2, 0.25) is 0 Å². The molecule has 0 aliphatic carbocycles. The second kappa shape index (κ2) is 5.39.